The SMILES string of the molecule is N#Cc1ccc2ccn([C@@H]3O[C@H](COP(=O)(O)O)[C@H](O)[C@H]3O)c(=O)c2c1. The van der Waals surface area contributed by atoms with E-state index in [2.05, 4.69) is 4.52 Å². The Morgan fingerprint density at radius 1 is 1.27 bits per heavy atom. The van der Waals surface area contributed by atoms with Gasteiger partial charge in [-0.15, -0.1) is 0 Å². The second-order valence-electron chi connectivity index (χ2n) is 5.77. The number of hydrogen-bond donors (Lipinski definition) is 4. The fourth-order valence-electron chi connectivity index (χ4n) is 2.79. The monoisotopic (exact) mass is 382 g/mol. The van der Waals surface area contributed by atoms with Gasteiger partial charge in [-0.05, 0) is 23.6 Å². The van der Waals surface area contributed by atoms with Gasteiger partial charge in [-0.1, -0.05) is 6.07 Å². The molecule has 1 aliphatic rings. The summed E-state index contributed by atoms with van der Waals surface area (Å²) in [6.45, 7) is -0.667. The van der Waals surface area contributed by atoms with Gasteiger partial charge in [-0.25, -0.2) is 4.57 Å². The van der Waals surface area contributed by atoms with Gasteiger partial charge in [-0.2, -0.15) is 5.26 Å². The number of fused-ring (bicyclic) bond motifs is 1. The lowest BCUT2D eigenvalue weighted by Gasteiger charge is -2.18. The van der Waals surface area contributed by atoms with Crippen molar-refractivity contribution in [3.8, 4) is 6.07 Å². The molecule has 1 saturated heterocycles. The van der Waals surface area contributed by atoms with Crippen molar-refractivity contribution in [2.75, 3.05) is 6.61 Å². The minimum Gasteiger partial charge on any atom is -0.387 e. The van der Waals surface area contributed by atoms with Gasteiger partial charge < -0.3 is 24.7 Å². The van der Waals surface area contributed by atoms with Crippen molar-refractivity contribution < 1.29 is 33.8 Å². The van der Waals surface area contributed by atoms with Crippen LogP contribution in [0.1, 0.15) is 11.8 Å². The highest BCUT2D eigenvalue weighted by Crippen LogP contribution is 2.38. The van der Waals surface area contributed by atoms with Crippen LogP contribution in [-0.4, -0.2) is 49.5 Å². The smallest absolute Gasteiger partial charge is 0.387 e. The Hall–Kier alpha value is -2.09. The van der Waals surface area contributed by atoms with Crippen LogP contribution in [0.5, 0.6) is 0 Å². The number of hydrogen-bond acceptors (Lipinski definition) is 7. The predicted octanol–water partition coefficient (Wildman–Crippen LogP) is -0.398. The highest BCUT2D eigenvalue weighted by atomic mass is 31.2. The molecule has 4 N–H and O–H groups in total. The van der Waals surface area contributed by atoms with Crippen molar-refractivity contribution in [2.45, 2.75) is 24.5 Å². The first-order chi connectivity index (χ1) is 12.2. The van der Waals surface area contributed by atoms with E-state index >= 15 is 0 Å². The lowest BCUT2D eigenvalue weighted by atomic mass is 10.1. The molecule has 0 unspecified atom stereocenters. The van der Waals surface area contributed by atoms with Crippen molar-refractivity contribution in [3.05, 3.63) is 46.4 Å². The number of aromatic nitrogens is 1. The van der Waals surface area contributed by atoms with E-state index in [-0.39, 0.29) is 10.9 Å². The van der Waals surface area contributed by atoms with Gasteiger partial charge in [0.1, 0.15) is 18.3 Å². The van der Waals surface area contributed by atoms with Gasteiger partial charge in [0, 0.05) is 11.6 Å². The molecule has 10 nitrogen and oxygen atoms in total. The third kappa shape index (κ3) is 3.56. The van der Waals surface area contributed by atoms with Gasteiger partial charge in [-0.3, -0.25) is 13.9 Å². The summed E-state index contributed by atoms with van der Waals surface area (Å²) >= 11 is 0. The average Bonchev–Trinajstić information content (AvgIpc) is 2.88. The number of pyridine rings is 1. The zero-order valence-corrected chi connectivity index (χ0v) is 14.1. The molecule has 0 aliphatic carbocycles. The summed E-state index contributed by atoms with van der Waals surface area (Å²) in [5.74, 6) is 0. The molecule has 1 aromatic heterocycles. The van der Waals surface area contributed by atoms with E-state index in [1.165, 1.54) is 12.3 Å². The number of aliphatic hydroxyl groups is 2. The zero-order valence-electron chi connectivity index (χ0n) is 13.2. The lowest BCUT2D eigenvalue weighted by molar-refractivity contribution is -0.0534. The van der Waals surface area contributed by atoms with E-state index in [0.717, 1.165) is 4.57 Å². The van der Waals surface area contributed by atoms with Crippen LogP contribution in [0.4, 0.5) is 0 Å². The van der Waals surface area contributed by atoms with Crippen molar-refractivity contribution >= 4 is 18.6 Å². The number of benzene rings is 1. The maximum absolute atomic E-state index is 12.7. The van der Waals surface area contributed by atoms with Crippen molar-refractivity contribution in [1.29, 1.82) is 5.26 Å². The number of phosphoric acid groups is 1. The molecular weight excluding hydrogens is 367 g/mol. The summed E-state index contributed by atoms with van der Waals surface area (Å²) in [6, 6.07) is 8.09. The highest BCUT2D eigenvalue weighted by molar-refractivity contribution is 7.46. The Morgan fingerprint density at radius 3 is 2.65 bits per heavy atom. The summed E-state index contributed by atoms with van der Waals surface area (Å²) in [4.78, 5) is 30.1. The predicted molar refractivity (Wildman–Crippen MR) is 86.8 cm³/mol. The number of phosphoric ester groups is 1. The summed E-state index contributed by atoms with van der Waals surface area (Å²) in [7, 11) is -4.78. The van der Waals surface area contributed by atoms with Crippen LogP contribution >= 0.6 is 7.82 Å². The molecule has 1 aromatic carbocycles. The van der Waals surface area contributed by atoms with Crippen molar-refractivity contribution in [3.63, 3.8) is 0 Å². The second-order valence-corrected chi connectivity index (χ2v) is 7.01. The van der Waals surface area contributed by atoms with Gasteiger partial charge in [0.2, 0.25) is 0 Å². The number of rotatable bonds is 4. The van der Waals surface area contributed by atoms with Crippen LogP contribution in [-0.2, 0) is 13.8 Å². The molecule has 1 aliphatic heterocycles. The third-order valence-corrected chi connectivity index (χ3v) is 4.57. The standard InChI is InChI=1S/C15H15N2O8P/c16-6-8-1-2-9-3-4-17(14(20)10(9)5-8)15-13(19)12(18)11(25-15)7-24-26(21,22)23/h1-5,11-13,15,18-19H,7H2,(H2,21,22,23)/t11-,12+,13-,15-/m1/s1. The number of ether oxygens (including phenoxy) is 1. The Kier molecular flexibility index (Phi) is 4.96. The highest BCUT2D eigenvalue weighted by Gasteiger charge is 2.44. The fraction of sp³-hybridized carbons (Fsp3) is 0.333. The average molecular weight is 382 g/mol. The van der Waals surface area contributed by atoms with Crippen molar-refractivity contribution in [1.82, 2.24) is 4.57 Å². The van der Waals surface area contributed by atoms with E-state index in [4.69, 9.17) is 19.8 Å². The fourth-order valence-corrected chi connectivity index (χ4v) is 3.13. The van der Waals surface area contributed by atoms with Gasteiger partial charge >= 0.3 is 7.82 Å². The molecule has 1 fully saturated rings. The normalized spacial score (nSPS) is 26.1. The molecule has 0 saturated carbocycles. The van der Waals surface area contributed by atoms with Gasteiger partial charge in [0.25, 0.3) is 5.56 Å². The Labute approximate surface area is 146 Å². The van der Waals surface area contributed by atoms with Crippen LogP contribution in [0.15, 0.2) is 35.3 Å². The quantitative estimate of drug-likeness (QED) is 0.515. The zero-order chi connectivity index (χ0) is 19.1. The van der Waals surface area contributed by atoms with Crippen LogP contribution in [0.2, 0.25) is 0 Å². The molecule has 2 heterocycles. The minimum atomic E-state index is -4.78. The third-order valence-electron chi connectivity index (χ3n) is 4.08. The topological polar surface area (TPSA) is 162 Å². The number of nitrogens with zero attached hydrogens (tertiary/aromatic N) is 2. The maximum Gasteiger partial charge on any atom is 0.469 e. The summed E-state index contributed by atoms with van der Waals surface area (Å²) in [5.41, 5.74) is -0.263. The summed E-state index contributed by atoms with van der Waals surface area (Å²) < 4.78 is 21.5. The molecular formula is C15H15N2O8P. The van der Waals surface area contributed by atoms with E-state index in [1.54, 1.807) is 18.2 Å². The summed E-state index contributed by atoms with van der Waals surface area (Å²) in [6.07, 6.45) is -4.19. The van der Waals surface area contributed by atoms with Gasteiger partial charge in [0.15, 0.2) is 6.23 Å². The Balaban J connectivity index is 1.93. The van der Waals surface area contributed by atoms with Crippen molar-refractivity contribution in [2.24, 2.45) is 0 Å². The van der Waals surface area contributed by atoms with E-state index < -0.39 is 44.5 Å². The molecule has 11 heteroatoms. The summed E-state index contributed by atoms with van der Waals surface area (Å²) in [5, 5.41) is 30.0. The second kappa shape index (κ2) is 6.90. The Bertz CT molecular complexity index is 978. The molecule has 0 amide bonds. The van der Waals surface area contributed by atoms with Crippen LogP contribution < -0.4 is 5.56 Å². The number of aliphatic hydroxyl groups excluding tert-OH is 2. The lowest BCUT2D eigenvalue weighted by Crippen LogP contribution is -2.35. The first-order valence-electron chi connectivity index (χ1n) is 7.48. The molecule has 0 spiro atoms. The van der Waals surface area contributed by atoms with Gasteiger partial charge in [0.05, 0.1) is 18.2 Å². The first-order valence-corrected chi connectivity index (χ1v) is 9.01. The van der Waals surface area contributed by atoms with Crippen LogP contribution in [0.25, 0.3) is 10.8 Å². The number of nitriles is 1. The van der Waals surface area contributed by atoms with Crippen LogP contribution in [0.3, 0.4) is 0 Å². The minimum absolute atomic E-state index is 0.228. The molecule has 0 radical (unpaired) electrons. The van der Waals surface area contributed by atoms with E-state index in [1.807, 2.05) is 6.07 Å². The first kappa shape index (κ1) is 18.7. The molecule has 3 rings (SSSR count). The molecule has 2 aromatic rings. The molecule has 4 atom stereocenters. The molecule has 0 bridgehead atoms. The van der Waals surface area contributed by atoms with E-state index in [9.17, 15) is 19.6 Å². The largest absolute Gasteiger partial charge is 0.469 e. The Morgan fingerprint density at radius 2 is 2.00 bits per heavy atom. The molecule has 26 heavy (non-hydrogen) atoms. The maximum atomic E-state index is 12.7. The van der Waals surface area contributed by atoms with Crippen LogP contribution in [0, 0.1) is 11.3 Å². The molecule has 138 valence electrons. The van der Waals surface area contributed by atoms with E-state index in [0.29, 0.717) is 5.39 Å².